The van der Waals surface area contributed by atoms with Gasteiger partial charge in [0.1, 0.15) is 23.4 Å². The summed E-state index contributed by atoms with van der Waals surface area (Å²) in [5.41, 5.74) is 3.72. The molecule has 7 heteroatoms. The molecule has 2 aliphatic heterocycles. The molecule has 2 unspecified atom stereocenters. The highest BCUT2D eigenvalue weighted by atomic mass is 16.5. The zero-order valence-corrected chi connectivity index (χ0v) is 22.1. The van der Waals surface area contributed by atoms with Crippen LogP contribution >= 0.6 is 0 Å². The number of carbonyl (C=O) groups is 2. The molecule has 1 fully saturated rings. The number of Topliss-reactive ketones (excluding diaryl/α,β-unsaturated/α-hetero) is 1. The largest absolute Gasteiger partial charge is 0.507 e. The summed E-state index contributed by atoms with van der Waals surface area (Å²) in [6.07, 6.45) is 1.60. The van der Waals surface area contributed by atoms with E-state index in [-0.39, 0.29) is 17.4 Å². The van der Waals surface area contributed by atoms with Gasteiger partial charge in [-0.3, -0.25) is 14.5 Å². The maximum Gasteiger partial charge on any atom is 0.300 e. The highest BCUT2D eigenvalue weighted by molar-refractivity contribution is 6.51. The van der Waals surface area contributed by atoms with Crippen molar-refractivity contribution in [2.24, 2.45) is 0 Å². The molecule has 3 aromatic rings. The predicted molar refractivity (Wildman–Crippen MR) is 148 cm³/mol. The number of rotatable bonds is 7. The standard InChI is InChI=1S/C31H32N2O5/c1-5-15-37-25-8-6-7-24(18-25)33-28(20-9-12-23(13-10-20)32(3)4)27(30(35)31(33)36)29(34)21-11-14-26-22(17-21)16-19(2)38-26/h6-14,17-19,28,34H,5,15-16H2,1-4H3/b29-27-. The van der Waals surface area contributed by atoms with E-state index in [9.17, 15) is 14.7 Å². The van der Waals surface area contributed by atoms with Crippen LogP contribution in [0.25, 0.3) is 5.76 Å². The second-order valence-electron chi connectivity index (χ2n) is 9.96. The number of fused-ring (bicyclic) bond motifs is 1. The molecular weight excluding hydrogens is 480 g/mol. The summed E-state index contributed by atoms with van der Waals surface area (Å²) in [4.78, 5) is 30.5. The maximum absolute atomic E-state index is 13.5. The third kappa shape index (κ3) is 4.60. The summed E-state index contributed by atoms with van der Waals surface area (Å²) >= 11 is 0. The van der Waals surface area contributed by atoms with Crippen LogP contribution in [0.2, 0.25) is 0 Å². The van der Waals surface area contributed by atoms with E-state index in [0.717, 1.165) is 23.4 Å². The average Bonchev–Trinajstić information content (AvgIpc) is 3.42. The van der Waals surface area contributed by atoms with Crippen molar-refractivity contribution in [3.63, 3.8) is 0 Å². The number of carbonyl (C=O) groups excluding carboxylic acids is 2. The molecule has 7 nitrogen and oxygen atoms in total. The quantitative estimate of drug-likeness (QED) is 0.256. The minimum absolute atomic E-state index is 0.0467. The molecule has 38 heavy (non-hydrogen) atoms. The highest BCUT2D eigenvalue weighted by Crippen LogP contribution is 2.43. The molecule has 0 aromatic heterocycles. The number of ketones is 1. The van der Waals surface area contributed by atoms with Gasteiger partial charge < -0.3 is 19.5 Å². The van der Waals surface area contributed by atoms with Gasteiger partial charge in [-0.15, -0.1) is 0 Å². The number of ether oxygens (including phenoxy) is 2. The van der Waals surface area contributed by atoms with Crippen molar-refractivity contribution in [3.05, 3.63) is 89.0 Å². The summed E-state index contributed by atoms with van der Waals surface area (Å²) in [5, 5.41) is 11.5. The van der Waals surface area contributed by atoms with Crippen molar-refractivity contribution < 1.29 is 24.2 Å². The van der Waals surface area contributed by atoms with Crippen LogP contribution in [0.5, 0.6) is 11.5 Å². The summed E-state index contributed by atoms with van der Waals surface area (Å²) in [5.74, 6) is -0.239. The molecule has 0 radical (unpaired) electrons. The van der Waals surface area contributed by atoms with Crippen molar-refractivity contribution in [3.8, 4) is 11.5 Å². The second kappa shape index (κ2) is 10.2. The number of aliphatic hydroxyl groups excluding tert-OH is 1. The molecular formula is C31H32N2O5. The first-order valence-electron chi connectivity index (χ1n) is 12.9. The van der Waals surface area contributed by atoms with Gasteiger partial charge in [-0.05, 0) is 66.9 Å². The van der Waals surface area contributed by atoms with Crippen LogP contribution in [0.1, 0.15) is 43.0 Å². The summed E-state index contributed by atoms with van der Waals surface area (Å²) in [6, 6.07) is 19.4. The molecule has 2 aliphatic rings. The molecule has 2 heterocycles. The van der Waals surface area contributed by atoms with Crippen molar-refractivity contribution in [1.29, 1.82) is 0 Å². The Morgan fingerprint density at radius 3 is 2.55 bits per heavy atom. The maximum atomic E-state index is 13.5. The fourth-order valence-corrected chi connectivity index (χ4v) is 5.04. The Hall–Kier alpha value is -4.26. The van der Waals surface area contributed by atoms with Crippen molar-refractivity contribution in [1.82, 2.24) is 0 Å². The lowest BCUT2D eigenvalue weighted by atomic mass is 9.94. The fourth-order valence-electron chi connectivity index (χ4n) is 5.04. The number of nitrogens with zero attached hydrogens (tertiary/aromatic N) is 2. The number of anilines is 2. The topological polar surface area (TPSA) is 79.3 Å². The van der Waals surface area contributed by atoms with E-state index in [1.165, 1.54) is 4.90 Å². The number of aliphatic hydroxyl groups is 1. The van der Waals surface area contributed by atoms with Crippen LogP contribution in [0.15, 0.2) is 72.3 Å². The monoisotopic (exact) mass is 512 g/mol. The van der Waals surface area contributed by atoms with Gasteiger partial charge in [0.2, 0.25) is 0 Å². The summed E-state index contributed by atoms with van der Waals surface area (Å²) in [6.45, 7) is 4.55. The molecule has 0 bridgehead atoms. The van der Waals surface area contributed by atoms with Crippen molar-refractivity contribution in [2.75, 3.05) is 30.5 Å². The van der Waals surface area contributed by atoms with Crippen molar-refractivity contribution in [2.45, 2.75) is 38.8 Å². The second-order valence-corrected chi connectivity index (χ2v) is 9.96. The Balaban J connectivity index is 1.65. The minimum atomic E-state index is -0.809. The zero-order valence-electron chi connectivity index (χ0n) is 22.1. The van der Waals surface area contributed by atoms with Gasteiger partial charge >= 0.3 is 0 Å². The third-order valence-electron chi connectivity index (χ3n) is 6.91. The first-order valence-corrected chi connectivity index (χ1v) is 12.9. The van der Waals surface area contributed by atoms with Gasteiger partial charge in [-0.25, -0.2) is 0 Å². The molecule has 196 valence electrons. The van der Waals surface area contributed by atoms with Gasteiger partial charge in [0.25, 0.3) is 11.7 Å². The Labute approximate surface area is 222 Å². The SMILES string of the molecule is CCCOc1cccc(N2C(=O)C(=O)/C(=C(\O)c3ccc4c(c3)CC(C)O4)C2c2ccc(N(C)C)cc2)c1. The lowest BCUT2D eigenvalue weighted by Gasteiger charge is -2.26. The van der Waals surface area contributed by atoms with Crippen LogP contribution in [-0.4, -0.2) is 43.6 Å². The lowest BCUT2D eigenvalue weighted by Crippen LogP contribution is -2.29. The Morgan fingerprint density at radius 2 is 1.84 bits per heavy atom. The normalized spacial score (nSPS) is 19.8. The van der Waals surface area contributed by atoms with Gasteiger partial charge in [-0.1, -0.05) is 25.1 Å². The van der Waals surface area contributed by atoms with E-state index < -0.39 is 17.7 Å². The van der Waals surface area contributed by atoms with Crippen LogP contribution in [-0.2, 0) is 16.0 Å². The molecule has 1 N–H and O–H groups in total. The van der Waals surface area contributed by atoms with Gasteiger partial charge in [0.05, 0.1) is 18.2 Å². The number of hydrogen-bond donors (Lipinski definition) is 1. The number of amides is 1. The van der Waals surface area contributed by atoms with Crippen LogP contribution in [0.4, 0.5) is 11.4 Å². The molecule has 1 amide bonds. The van der Waals surface area contributed by atoms with E-state index in [1.54, 1.807) is 30.3 Å². The van der Waals surface area contributed by atoms with Gasteiger partial charge in [0.15, 0.2) is 0 Å². The molecule has 2 atom stereocenters. The Morgan fingerprint density at radius 1 is 1.08 bits per heavy atom. The summed E-state index contributed by atoms with van der Waals surface area (Å²) in [7, 11) is 3.89. The van der Waals surface area contributed by atoms with E-state index in [0.29, 0.717) is 35.6 Å². The molecule has 0 spiro atoms. The Bertz CT molecular complexity index is 1410. The number of benzene rings is 3. The fraction of sp³-hybridized carbons (Fsp3) is 0.290. The molecule has 0 saturated carbocycles. The van der Waals surface area contributed by atoms with E-state index in [1.807, 2.05) is 69.2 Å². The van der Waals surface area contributed by atoms with Crippen molar-refractivity contribution >= 4 is 28.8 Å². The van der Waals surface area contributed by atoms with E-state index in [4.69, 9.17) is 9.47 Å². The smallest absolute Gasteiger partial charge is 0.300 e. The van der Waals surface area contributed by atoms with Gasteiger partial charge in [-0.2, -0.15) is 0 Å². The predicted octanol–water partition coefficient (Wildman–Crippen LogP) is 5.49. The number of hydrogen-bond acceptors (Lipinski definition) is 6. The van der Waals surface area contributed by atoms with Crippen LogP contribution in [0, 0.1) is 0 Å². The third-order valence-corrected chi connectivity index (χ3v) is 6.91. The molecule has 3 aromatic carbocycles. The molecule has 5 rings (SSSR count). The lowest BCUT2D eigenvalue weighted by molar-refractivity contribution is -0.132. The van der Waals surface area contributed by atoms with Gasteiger partial charge in [0, 0.05) is 43.5 Å². The van der Waals surface area contributed by atoms with E-state index >= 15 is 0 Å². The minimum Gasteiger partial charge on any atom is -0.507 e. The van der Waals surface area contributed by atoms with Crippen LogP contribution in [0.3, 0.4) is 0 Å². The van der Waals surface area contributed by atoms with Crippen LogP contribution < -0.4 is 19.3 Å². The first kappa shape index (κ1) is 25.4. The molecule has 0 aliphatic carbocycles. The van der Waals surface area contributed by atoms with E-state index in [2.05, 4.69) is 0 Å². The average molecular weight is 513 g/mol. The highest BCUT2D eigenvalue weighted by Gasteiger charge is 2.47. The zero-order chi connectivity index (χ0) is 27.0. The first-order chi connectivity index (χ1) is 18.3. The summed E-state index contributed by atoms with van der Waals surface area (Å²) < 4.78 is 11.6. The Kier molecular flexibility index (Phi) is 6.85. The molecule has 1 saturated heterocycles.